The summed E-state index contributed by atoms with van der Waals surface area (Å²) >= 11 is 0. The monoisotopic (exact) mass is 345 g/mol. The van der Waals surface area contributed by atoms with Crippen molar-refractivity contribution in [1.29, 1.82) is 0 Å². The molecule has 1 saturated heterocycles. The normalized spacial score (nSPS) is 23.8. The molecule has 0 saturated carbocycles. The molecule has 0 radical (unpaired) electrons. The maximum Gasteiger partial charge on any atom is 0.410 e. The number of carbonyl (C=O) groups is 1. The van der Waals surface area contributed by atoms with Crippen LogP contribution in [0.4, 0.5) is 4.79 Å². The Morgan fingerprint density at radius 3 is 2.22 bits per heavy atom. The molecule has 0 spiro atoms. The summed E-state index contributed by atoms with van der Waals surface area (Å²) in [6, 6.07) is -0.228. The topological polar surface area (TPSA) is 59.0 Å². The zero-order valence-electron chi connectivity index (χ0n) is 16.1. The van der Waals surface area contributed by atoms with E-state index in [1.54, 1.807) is 4.90 Å². The first kappa shape index (κ1) is 20.5. The molecule has 0 bridgehead atoms. The first-order valence-corrected chi connectivity index (χ1v) is 11.5. The van der Waals surface area contributed by atoms with Crippen LogP contribution in [0, 0.1) is 0 Å². The van der Waals surface area contributed by atoms with Gasteiger partial charge >= 0.3 is 6.09 Å². The molecule has 1 rings (SSSR count). The van der Waals surface area contributed by atoms with Gasteiger partial charge in [0.15, 0.2) is 8.32 Å². The lowest BCUT2D eigenvalue weighted by molar-refractivity contribution is -0.0163. The molecule has 1 aliphatic rings. The van der Waals surface area contributed by atoms with E-state index in [1.807, 2.05) is 20.8 Å². The van der Waals surface area contributed by atoms with E-state index in [1.165, 1.54) is 0 Å². The Hall–Kier alpha value is -0.593. The van der Waals surface area contributed by atoms with Crippen LogP contribution in [0.2, 0.25) is 18.1 Å². The Kier molecular flexibility index (Phi) is 6.32. The molecule has 1 heterocycles. The third-order valence-electron chi connectivity index (χ3n) is 4.77. The fraction of sp³-hybridized carbons (Fsp3) is 0.941. The number of piperidine rings is 1. The highest BCUT2D eigenvalue weighted by atomic mass is 28.4. The van der Waals surface area contributed by atoms with Crippen LogP contribution >= 0.6 is 0 Å². The number of aliphatic hydroxyl groups excluding tert-OH is 1. The van der Waals surface area contributed by atoms with Crippen molar-refractivity contribution in [2.45, 2.75) is 90.3 Å². The van der Waals surface area contributed by atoms with E-state index >= 15 is 0 Å². The van der Waals surface area contributed by atoms with Crippen molar-refractivity contribution in [3.63, 3.8) is 0 Å². The van der Waals surface area contributed by atoms with Crippen LogP contribution in [0.5, 0.6) is 0 Å². The van der Waals surface area contributed by atoms with Crippen molar-refractivity contribution in [2.24, 2.45) is 0 Å². The van der Waals surface area contributed by atoms with Gasteiger partial charge in [-0.3, -0.25) is 0 Å². The average Bonchev–Trinajstić information content (AvgIpc) is 2.34. The lowest BCUT2D eigenvalue weighted by atomic mass is 10.0. The van der Waals surface area contributed by atoms with Gasteiger partial charge in [-0.1, -0.05) is 20.8 Å². The quantitative estimate of drug-likeness (QED) is 0.791. The van der Waals surface area contributed by atoms with Gasteiger partial charge in [-0.15, -0.1) is 0 Å². The highest BCUT2D eigenvalue weighted by Gasteiger charge is 2.42. The van der Waals surface area contributed by atoms with Gasteiger partial charge in [0, 0.05) is 12.6 Å². The van der Waals surface area contributed by atoms with E-state index < -0.39 is 13.9 Å². The van der Waals surface area contributed by atoms with E-state index in [2.05, 4.69) is 33.9 Å². The SMILES string of the molecule is CC(C)(C)OC(=O)N1CC[C@H](O[Si](C)(C)C(C)(C)C)C[C@@H]1CO. The minimum Gasteiger partial charge on any atom is -0.444 e. The van der Waals surface area contributed by atoms with Crippen molar-refractivity contribution in [2.75, 3.05) is 13.2 Å². The van der Waals surface area contributed by atoms with Crippen LogP contribution in [0.3, 0.4) is 0 Å². The summed E-state index contributed by atoms with van der Waals surface area (Å²) in [6.07, 6.45) is 1.22. The standard InChI is InChI=1S/C17H35NO4Si/c1-16(2,3)21-15(20)18-10-9-14(11-13(18)12-19)22-23(7,8)17(4,5)6/h13-14,19H,9-12H2,1-8H3/t13-,14+/m1/s1. The van der Waals surface area contributed by atoms with Crippen molar-refractivity contribution >= 4 is 14.4 Å². The van der Waals surface area contributed by atoms with Gasteiger partial charge in [-0.25, -0.2) is 4.79 Å². The Balaban J connectivity index is 2.71. The number of hydrogen-bond acceptors (Lipinski definition) is 4. The molecule has 1 fully saturated rings. The zero-order chi connectivity index (χ0) is 18.1. The summed E-state index contributed by atoms with van der Waals surface area (Å²) < 4.78 is 11.9. The van der Waals surface area contributed by atoms with Crippen LogP contribution in [0.1, 0.15) is 54.4 Å². The Labute approximate surface area is 142 Å². The number of likely N-dealkylation sites (tertiary alicyclic amines) is 1. The molecule has 0 unspecified atom stereocenters. The Morgan fingerprint density at radius 2 is 1.78 bits per heavy atom. The number of aliphatic hydroxyl groups is 1. The summed E-state index contributed by atoms with van der Waals surface area (Å²) in [4.78, 5) is 13.9. The number of nitrogens with zero attached hydrogens (tertiary/aromatic N) is 1. The van der Waals surface area contributed by atoms with E-state index in [-0.39, 0.29) is 29.9 Å². The fourth-order valence-corrected chi connectivity index (χ4v) is 3.85. The van der Waals surface area contributed by atoms with E-state index in [0.29, 0.717) is 13.0 Å². The second kappa shape index (κ2) is 7.11. The smallest absolute Gasteiger partial charge is 0.410 e. The maximum atomic E-state index is 12.3. The molecular weight excluding hydrogens is 310 g/mol. The average molecular weight is 346 g/mol. The molecule has 2 atom stereocenters. The van der Waals surface area contributed by atoms with Gasteiger partial charge in [0.05, 0.1) is 12.6 Å². The summed E-state index contributed by atoms with van der Waals surface area (Å²) in [7, 11) is -1.84. The van der Waals surface area contributed by atoms with Gasteiger partial charge in [-0.2, -0.15) is 0 Å². The summed E-state index contributed by atoms with van der Waals surface area (Å²) in [6.45, 7) is 17.2. The number of carbonyl (C=O) groups excluding carboxylic acids is 1. The third kappa shape index (κ3) is 5.76. The second-order valence-corrected chi connectivity index (χ2v) is 13.8. The van der Waals surface area contributed by atoms with Crippen LogP contribution < -0.4 is 0 Å². The van der Waals surface area contributed by atoms with E-state index in [0.717, 1.165) is 6.42 Å². The molecule has 0 aromatic heterocycles. The van der Waals surface area contributed by atoms with Crippen LogP contribution in [0.25, 0.3) is 0 Å². The molecule has 1 aliphatic heterocycles. The fourth-order valence-electron chi connectivity index (χ4n) is 2.45. The zero-order valence-corrected chi connectivity index (χ0v) is 17.1. The molecule has 1 amide bonds. The predicted octanol–water partition coefficient (Wildman–Crippen LogP) is 3.77. The molecule has 23 heavy (non-hydrogen) atoms. The summed E-state index contributed by atoms with van der Waals surface area (Å²) in [5.41, 5.74) is -0.522. The Bertz CT molecular complexity index is 412. The highest BCUT2D eigenvalue weighted by Crippen LogP contribution is 2.39. The molecule has 136 valence electrons. The third-order valence-corrected chi connectivity index (χ3v) is 9.31. The highest BCUT2D eigenvalue weighted by molar-refractivity contribution is 6.74. The van der Waals surface area contributed by atoms with Crippen LogP contribution in [-0.2, 0) is 9.16 Å². The molecule has 6 heteroatoms. The number of hydrogen-bond donors (Lipinski definition) is 1. The number of amides is 1. The largest absolute Gasteiger partial charge is 0.444 e. The van der Waals surface area contributed by atoms with Crippen LogP contribution in [-0.4, -0.2) is 55.3 Å². The molecule has 0 aromatic carbocycles. The lowest BCUT2D eigenvalue weighted by Crippen LogP contribution is -2.53. The lowest BCUT2D eigenvalue weighted by Gasteiger charge is -2.44. The molecule has 1 N–H and O–H groups in total. The van der Waals surface area contributed by atoms with Crippen molar-refractivity contribution in [3.8, 4) is 0 Å². The summed E-state index contributed by atoms with van der Waals surface area (Å²) in [5, 5.41) is 9.85. The van der Waals surface area contributed by atoms with Gasteiger partial charge in [-0.05, 0) is 51.7 Å². The van der Waals surface area contributed by atoms with Gasteiger partial charge in [0.2, 0.25) is 0 Å². The Morgan fingerprint density at radius 1 is 1.22 bits per heavy atom. The van der Waals surface area contributed by atoms with Crippen molar-refractivity contribution in [3.05, 3.63) is 0 Å². The first-order chi connectivity index (χ1) is 10.3. The van der Waals surface area contributed by atoms with E-state index in [9.17, 15) is 9.90 Å². The minimum atomic E-state index is -1.84. The molecule has 5 nitrogen and oxygen atoms in total. The number of ether oxygens (including phenoxy) is 1. The van der Waals surface area contributed by atoms with Crippen molar-refractivity contribution < 1.29 is 19.1 Å². The number of rotatable bonds is 3. The molecule has 0 aromatic rings. The molecular formula is C17H35NO4Si. The van der Waals surface area contributed by atoms with Gasteiger partial charge < -0.3 is 19.2 Å². The minimum absolute atomic E-state index is 0.0589. The van der Waals surface area contributed by atoms with Crippen LogP contribution in [0.15, 0.2) is 0 Å². The van der Waals surface area contributed by atoms with E-state index in [4.69, 9.17) is 9.16 Å². The summed E-state index contributed by atoms with van der Waals surface area (Å²) in [5.74, 6) is 0. The first-order valence-electron chi connectivity index (χ1n) is 8.55. The molecule has 0 aliphatic carbocycles. The van der Waals surface area contributed by atoms with Crippen molar-refractivity contribution in [1.82, 2.24) is 4.90 Å². The predicted molar refractivity (Wildman–Crippen MR) is 95.1 cm³/mol. The maximum absolute atomic E-state index is 12.3. The van der Waals surface area contributed by atoms with Gasteiger partial charge in [0.1, 0.15) is 5.60 Å². The second-order valence-electron chi connectivity index (χ2n) is 9.03. The van der Waals surface area contributed by atoms with Gasteiger partial charge in [0.25, 0.3) is 0 Å².